The smallest absolute Gasteiger partial charge is 1.00 e. The molecule has 0 aromatic rings. The van der Waals surface area contributed by atoms with Crippen molar-refractivity contribution in [3.05, 3.63) is 0 Å². The third-order valence-electron chi connectivity index (χ3n) is 0. The third kappa shape index (κ3) is 250. The van der Waals surface area contributed by atoms with Gasteiger partial charge in [-0.3, -0.25) is 9.11 Å². The number of hydrogen-bond donors (Lipinski definition) is 2. The molecule has 0 spiro atoms. The summed E-state index contributed by atoms with van der Waals surface area (Å²) >= 11 is 0. The van der Waals surface area contributed by atoms with Crippen LogP contribution in [-0.2, 0) is 10.4 Å². The third-order valence-corrected chi connectivity index (χ3v) is 0. The van der Waals surface area contributed by atoms with E-state index < -0.39 is 10.4 Å². The Bertz CT molecular complexity index is 115. The molecule has 88 valence electrons. The van der Waals surface area contributed by atoms with Crippen molar-refractivity contribution < 1.29 is 159 Å². The van der Waals surface area contributed by atoms with Gasteiger partial charge in [0.1, 0.15) is 0 Å². The van der Waals surface area contributed by atoms with Gasteiger partial charge in [-0.25, -0.2) is 0 Å². The molecule has 0 unspecified atom stereocenters. The molecule has 0 aromatic carbocycles. The van der Waals surface area contributed by atoms with E-state index in [1.165, 1.54) is 0 Å². The van der Waals surface area contributed by atoms with Gasteiger partial charge < -0.3 is 38.6 Å². The van der Waals surface area contributed by atoms with E-state index in [9.17, 15) is 0 Å². The quantitative estimate of drug-likeness (QED) is 0.325. The van der Waals surface area contributed by atoms with E-state index in [1.54, 1.807) is 0 Å². The van der Waals surface area contributed by atoms with E-state index in [0.717, 1.165) is 0 Å². The van der Waals surface area contributed by atoms with Crippen LogP contribution in [0, 0.1) is 0 Å². The van der Waals surface area contributed by atoms with Crippen LogP contribution in [0.3, 0.4) is 0 Å². The molecule has 0 aliphatic heterocycles. The van der Waals surface area contributed by atoms with Crippen LogP contribution in [0.2, 0.25) is 0 Å². The first kappa shape index (κ1) is 83.5. The van der Waals surface area contributed by atoms with Crippen LogP contribution in [-0.4, -0.2) is 73.4 Å². The van der Waals surface area contributed by atoms with Gasteiger partial charge in [-0.2, -0.15) is 8.42 Å². The Hall–Kier alpha value is 3.67. The summed E-state index contributed by atoms with van der Waals surface area (Å²) in [5.41, 5.74) is 0. The topological polar surface area (TPSA) is 264 Å². The van der Waals surface area contributed by atoms with Crippen LogP contribution in [0.1, 0.15) is 5.71 Å². The zero-order valence-corrected chi connectivity index (χ0v) is 16.3. The van der Waals surface area contributed by atoms with Crippen LogP contribution < -0.4 is 103 Å². The second-order valence-corrected chi connectivity index (χ2v) is 1.34. The van der Waals surface area contributed by atoms with Gasteiger partial charge in [-0.1, -0.05) is 0 Å². The van der Waals surface area contributed by atoms with Crippen LogP contribution in [0.4, 0.5) is 0 Å². The normalized spacial score (nSPS) is 4.14. The average molecular weight is 313 g/mol. The van der Waals surface area contributed by atoms with E-state index in [4.69, 9.17) is 17.5 Å². The molecule has 14 heteroatoms. The van der Waals surface area contributed by atoms with Gasteiger partial charge >= 0.3 is 136 Å². The molecule has 14 N–H and O–H groups in total. The maximum absolute atomic E-state index is 8.74. The second-order valence-electron chi connectivity index (χ2n) is 0.448. The van der Waals surface area contributed by atoms with Crippen LogP contribution in [0.15, 0.2) is 0 Å². The van der Waals surface area contributed by atoms with Gasteiger partial charge in [0.2, 0.25) is 0 Å². The fourth-order valence-corrected chi connectivity index (χ4v) is 0. The van der Waals surface area contributed by atoms with Gasteiger partial charge in [0.15, 0.2) is 0 Å². The Morgan fingerprint density at radius 3 is 0.714 bits per heavy atom. The van der Waals surface area contributed by atoms with Gasteiger partial charge in [0.05, 0.1) is 0 Å². The van der Waals surface area contributed by atoms with Crippen molar-refractivity contribution in [2.75, 3.05) is 0 Å². The monoisotopic (exact) mass is 312 g/mol. The standard InChI is InChI=1S/2K.Mg.H2O4S.6H2O.4H/c;;;1-5(2,3)4;;;;;;;;;;/h;;;(H2,1,2,3,4);6*1H2;;;;/q2*+1;+2;;;;;;;;4*-1. The molecule has 0 bridgehead atoms. The zero-order valence-electron chi connectivity index (χ0n) is 11.8. The SMILES string of the molecule is O.O.O.O.O.O.O=S(=O)(O)O.[H-].[H-].[H-].[H-].[K+].[K+].[Mg+2]. The molecule has 0 fully saturated rings. The predicted molar refractivity (Wildman–Crippen MR) is 46.1 cm³/mol. The maximum Gasteiger partial charge on any atom is 2.00 e. The summed E-state index contributed by atoms with van der Waals surface area (Å²) in [4.78, 5) is 0. The Balaban J connectivity index is -0.00000000103. The van der Waals surface area contributed by atoms with E-state index in [-0.39, 0.29) is 164 Å². The molecule has 0 amide bonds. The van der Waals surface area contributed by atoms with Crippen molar-refractivity contribution in [1.29, 1.82) is 0 Å². The van der Waals surface area contributed by atoms with Gasteiger partial charge in [-0.15, -0.1) is 0 Å². The molecule has 0 heterocycles. The minimum Gasteiger partial charge on any atom is -1.00 e. The largest absolute Gasteiger partial charge is 2.00 e. The Labute approximate surface area is 188 Å². The maximum atomic E-state index is 8.74. The summed E-state index contributed by atoms with van der Waals surface area (Å²) in [6.07, 6.45) is 0. The molecule has 10 nitrogen and oxygen atoms in total. The van der Waals surface area contributed by atoms with E-state index in [2.05, 4.69) is 0 Å². The van der Waals surface area contributed by atoms with Crippen molar-refractivity contribution in [3.8, 4) is 0 Å². The molecule has 0 radical (unpaired) electrons. The van der Waals surface area contributed by atoms with Gasteiger partial charge in [-0.05, 0) is 0 Å². The van der Waals surface area contributed by atoms with Crippen LogP contribution >= 0.6 is 0 Å². The Kier molecular flexibility index (Phi) is 261. The summed E-state index contributed by atoms with van der Waals surface area (Å²) in [6.45, 7) is 0. The fraction of sp³-hybridized carbons (Fsp3) is 0. The molecule has 14 heavy (non-hydrogen) atoms. The summed E-state index contributed by atoms with van der Waals surface area (Å²) in [5.74, 6) is 0. The summed E-state index contributed by atoms with van der Waals surface area (Å²) in [6, 6.07) is 0. The average Bonchev–Trinajstić information content (AvgIpc) is 0.722. The van der Waals surface area contributed by atoms with Crippen molar-refractivity contribution >= 4 is 33.5 Å². The van der Waals surface area contributed by atoms with Crippen molar-refractivity contribution in [3.63, 3.8) is 0 Å². The van der Waals surface area contributed by atoms with Gasteiger partial charge in [0.25, 0.3) is 0 Å². The van der Waals surface area contributed by atoms with Crippen molar-refractivity contribution in [2.45, 2.75) is 0 Å². The van der Waals surface area contributed by atoms with E-state index in [1.807, 2.05) is 0 Å². The molecule has 0 aromatic heterocycles. The molecule has 0 aliphatic rings. The minimum atomic E-state index is -4.67. The van der Waals surface area contributed by atoms with Crippen LogP contribution in [0.5, 0.6) is 0 Å². The van der Waals surface area contributed by atoms with Crippen LogP contribution in [0.25, 0.3) is 0 Å². The molecule has 0 saturated carbocycles. The molecule has 0 aliphatic carbocycles. The van der Waals surface area contributed by atoms with Crippen molar-refractivity contribution in [2.24, 2.45) is 0 Å². The first-order valence-electron chi connectivity index (χ1n) is 0.698. The number of hydrogen-bond acceptors (Lipinski definition) is 2. The molecule has 0 saturated heterocycles. The Morgan fingerprint density at radius 1 is 0.714 bits per heavy atom. The minimum absolute atomic E-state index is 0. The molecular weight excluding hydrogens is 295 g/mol. The molecule has 0 atom stereocenters. The molecule has 0 rings (SSSR count). The zero-order chi connectivity index (χ0) is 4.50. The summed E-state index contributed by atoms with van der Waals surface area (Å²) < 4.78 is 31.6. The first-order valence-corrected chi connectivity index (χ1v) is 2.10. The first-order chi connectivity index (χ1) is 2.00. The van der Waals surface area contributed by atoms with Crippen molar-refractivity contribution in [1.82, 2.24) is 0 Å². The van der Waals surface area contributed by atoms with Gasteiger partial charge in [0, 0.05) is 0 Å². The van der Waals surface area contributed by atoms with E-state index >= 15 is 0 Å². The second kappa shape index (κ2) is 43.8. The van der Waals surface area contributed by atoms with E-state index in [0.29, 0.717) is 0 Å². The Morgan fingerprint density at radius 2 is 0.714 bits per heavy atom. The summed E-state index contributed by atoms with van der Waals surface area (Å²) in [7, 11) is -4.67. The number of rotatable bonds is 0. The molecular formula is H18K2MgO10S. The fourth-order valence-electron chi connectivity index (χ4n) is 0. The predicted octanol–water partition coefficient (Wildman–Crippen LogP) is -11.5. The summed E-state index contributed by atoms with van der Waals surface area (Å²) in [5, 5.41) is 0.